The van der Waals surface area contributed by atoms with E-state index >= 15 is 0 Å². The first-order valence-corrected chi connectivity index (χ1v) is 8.18. The summed E-state index contributed by atoms with van der Waals surface area (Å²) in [6, 6.07) is 8.88. The molecule has 1 amide bonds. The van der Waals surface area contributed by atoms with Gasteiger partial charge in [-0.2, -0.15) is 0 Å². The Balaban J connectivity index is 1.86. The zero-order chi connectivity index (χ0) is 16.8. The van der Waals surface area contributed by atoms with Gasteiger partial charge in [0.15, 0.2) is 11.6 Å². The summed E-state index contributed by atoms with van der Waals surface area (Å²) in [6.07, 6.45) is 0. The molecule has 0 bridgehead atoms. The molecule has 1 N–H and O–H groups in total. The van der Waals surface area contributed by atoms with Crippen LogP contribution in [0.2, 0.25) is 5.02 Å². The molecule has 0 radical (unpaired) electrons. The number of carbonyl (C=O) groups excluding carboxylic acids is 1. The van der Waals surface area contributed by atoms with Gasteiger partial charge in [-0.05, 0) is 24.3 Å². The van der Waals surface area contributed by atoms with Gasteiger partial charge >= 0.3 is 0 Å². The highest BCUT2D eigenvalue weighted by atomic mass is 35.5. The smallest absolute Gasteiger partial charge is 0.234 e. The van der Waals surface area contributed by atoms with Crippen molar-refractivity contribution in [3.05, 3.63) is 58.6 Å². The van der Waals surface area contributed by atoms with E-state index in [0.29, 0.717) is 16.5 Å². The third kappa shape index (κ3) is 4.84. The molecule has 0 saturated carbocycles. The fourth-order valence-electron chi connectivity index (χ4n) is 1.85. The van der Waals surface area contributed by atoms with Gasteiger partial charge in [-0.25, -0.2) is 8.78 Å². The van der Waals surface area contributed by atoms with Crippen LogP contribution in [-0.4, -0.2) is 18.8 Å². The number of nitrogens with one attached hydrogen (secondary N) is 1. The van der Waals surface area contributed by atoms with E-state index in [9.17, 15) is 13.6 Å². The predicted molar refractivity (Wildman–Crippen MR) is 89.2 cm³/mol. The minimum Gasteiger partial charge on any atom is -0.495 e. The van der Waals surface area contributed by atoms with Gasteiger partial charge in [-0.15, -0.1) is 11.8 Å². The number of carbonyl (C=O) groups is 1. The van der Waals surface area contributed by atoms with Gasteiger partial charge in [0.25, 0.3) is 0 Å². The molecule has 23 heavy (non-hydrogen) atoms. The molecule has 0 aliphatic rings. The van der Waals surface area contributed by atoms with Gasteiger partial charge in [-0.1, -0.05) is 23.7 Å². The summed E-state index contributed by atoms with van der Waals surface area (Å²) in [5, 5.41) is 3.07. The third-order valence-electron chi connectivity index (χ3n) is 2.96. The summed E-state index contributed by atoms with van der Waals surface area (Å²) in [5.74, 6) is -1.18. The molecular weight excluding hydrogens is 344 g/mol. The van der Waals surface area contributed by atoms with Crippen LogP contribution < -0.4 is 10.1 Å². The second-order valence-corrected chi connectivity index (χ2v) is 6.00. The molecule has 7 heteroatoms. The van der Waals surface area contributed by atoms with Crippen molar-refractivity contribution in [2.24, 2.45) is 0 Å². The summed E-state index contributed by atoms with van der Waals surface area (Å²) in [6.45, 7) is 0. The van der Waals surface area contributed by atoms with Gasteiger partial charge in [0.1, 0.15) is 5.75 Å². The normalized spacial score (nSPS) is 10.4. The molecule has 122 valence electrons. The van der Waals surface area contributed by atoms with Crippen molar-refractivity contribution in [1.82, 2.24) is 0 Å². The lowest BCUT2D eigenvalue weighted by Crippen LogP contribution is -2.14. The van der Waals surface area contributed by atoms with Crippen LogP contribution in [0.4, 0.5) is 14.5 Å². The van der Waals surface area contributed by atoms with Crippen LogP contribution in [-0.2, 0) is 10.5 Å². The van der Waals surface area contributed by atoms with Crippen LogP contribution >= 0.6 is 23.4 Å². The van der Waals surface area contributed by atoms with Gasteiger partial charge in [0, 0.05) is 17.0 Å². The lowest BCUT2D eigenvalue weighted by Gasteiger charge is -2.08. The van der Waals surface area contributed by atoms with E-state index < -0.39 is 11.6 Å². The highest BCUT2D eigenvalue weighted by Gasteiger charge is 2.09. The van der Waals surface area contributed by atoms with Gasteiger partial charge in [0.05, 0.1) is 17.9 Å². The van der Waals surface area contributed by atoms with Gasteiger partial charge in [0.2, 0.25) is 5.91 Å². The van der Waals surface area contributed by atoms with Crippen molar-refractivity contribution >= 4 is 35.0 Å². The van der Waals surface area contributed by atoms with Crippen LogP contribution in [0.15, 0.2) is 36.4 Å². The molecule has 2 aromatic carbocycles. The fourth-order valence-corrected chi connectivity index (χ4v) is 2.92. The molecule has 0 fully saturated rings. The maximum absolute atomic E-state index is 13.5. The number of amides is 1. The van der Waals surface area contributed by atoms with Gasteiger partial charge in [-0.3, -0.25) is 4.79 Å². The van der Waals surface area contributed by atoms with E-state index in [-0.39, 0.29) is 23.0 Å². The topological polar surface area (TPSA) is 38.3 Å². The summed E-state index contributed by atoms with van der Waals surface area (Å²) in [7, 11) is 1.50. The third-order valence-corrected chi connectivity index (χ3v) is 4.23. The van der Waals surface area contributed by atoms with Crippen LogP contribution in [0.3, 0.4) is 0 Å². The molecule has 0 unspecified atom stereocenters. The largest absolute Gasteiger partial charge is 0.495 e. The minimum atomic E-state index is -0.888. The first kappa shape index (κ1) is 17.6. The van der Waals surface area contributed by atoms with Crippen LogP contribution in [0.1, 0.15) is 5.56 Å². The lowest BCUT2D eigenvalue weighted by molar-refractivity contribution is -0.113. The molecular formula is C16H14ClF2NO2S. The second kappa shape index (κ2) is 8.17. The Bertz CT molecular complexity index is 712. The summed E-state index contributed by atoms with van der Waals surface area (Å²) >= 11 is 7.16. The van der Waals surface area contributed by atoms with Crippen molar-refractivity contribution in [1.29, 1.82) is 0 Å². The Hall–Kier alpha value is -1.79. The molecule has 2 aromatic rings. The zero-order valence-electron chi connectivity index (χ0n) is 12.2. The monoisotopic (exact) mass is 357 g/mol. The average Bonchev–Trinajstić information content (AvgIpc) is 2.51. The summed E-state index contributed by atoms with van der Waals surface area (Å²) in [5.41, 5.74) is 0.772. The summed E-state index contributed by atoms with van der Waals surface area (Å²) < 4.78 is 31.6. The standard InChI is InChI=1S/C16H14ClF2NO2S/c1-22-14-6-5-11(7-12(14)17)20-15(21)9-23-8-10-3-2-4-13(18)16(10)19/h2-7H,8-9H2,1H3,(H,20,21). The second-order valence-electron chi connectivity index (χ2n) is 4.60. The zero-order valence-corrected chi connectivity index (χ0v) is 13.8. The van der Waals surface area contributed by atoms with Crippen LogP contribution in [0.5, 0.6) is 5.75 Å². The Labute approximate surface area is 142 Å². The first-order valence-electron chi connectivity index (χ1n) is 6.65. The van der Waals surface area contributed by atoms with E-state index in [1.807, 2.05) is 0 Å². The maximum Gasteiger partial charge on any atom is 0.234 e. The highest BCUT2D eigenvalue weighted by molar-refractivity contribution is 7.99. The van der Waals surface area contributed by atoms with E-state index in [1.54, 1.807) is 18.2 Å². The number of anilines is 1. The molecule has 0 aliphatic carbocycles. The number of rotatable bonds is 6. The quantitative estimate of drug-likeness (QED) is 0.827. The van der Waals surface area contributed by atoms with E-state index in [0.717, 1.165) is 6.07 Å². The Morgan fingerprint density at radius 3 is 2.78 bits per heavy atom. The van der Waals surface area contributed by atoms with Crippen molar-refractivity contribution < 1.29 is 18.3 Å². The van der Waals surface area contributed by atoms with Gasteiger partial charge < -0.3 is 10.1 Å². The summed E-state index contributed by atoms with van der Waals surface area (Å²) in [4.78, 5) is 11.8. The average molecular weight is 358 g/mol. The predicted octanol–water partition coefficient (Wildman–Crippen LogP) is 4.50. The minimum absolute atomic E-state index is 0.111. The van der Waals surface area contributed by atoms with Crippen molar-refractivity contribution in [3.8, 4) is 5.75 Å². The number of methoxy groups -OCH3 is 1. The van der Waals surface area contributed by atoms with Crippen LogP contribution in [0, 0.1) is 11.6 Å². The molecule has 2 rings (SSSR count). The molecule has 3 nitrogen and oxygen atoms in total. The van der Waals surface area contributed by atoms with E-state index in [2.05, 4.69) is 5.32 Å². The van der Waals surface area contributed by atoms with E-state index in [1.165, 1.54) is 31.0 Å². The first-order chi connectivity index (χ1) is 11.0. The van der Waals surface area contributed by atoms with Crippen LogP contribution in [0.25, 0.3) is 0 Å². The van der Waals surface area contributed by atoms with E-state index in [4.69, 9.17) is 16.3 Å². The van der Waals surface area contributed by atoms with Crippen molar-refractivity contribution in [2.75, 3.05) is 18.2 Å². The molecule has 0 saturated heterocycles. The SMILES string of the molecule is COc1ccc(NC(=O)CSCc2cccc(F)c2F)cc1Cl. The lowest BCUT2D eigenvalue weighted by atomic mass is 10.2. The number of hydrogen-bond donors (Lipinski definition) is 1. The molecule has 0 aromatic heterocycles. The fraction of sp³-hybridized carbons (Fsp3) is 0.188. The number of ether oxygens (including phenoxy) is 1. The Kier molecular flexibility index (Phi) is 6.24. The molecule has 0 spiro atoms. The van der Waals surface area contributed by atoms with Crippen molar-refractivity contribution in [3.63, 3.8) is 0 Å². The molecule has 0 aliphatic heterocycles. The number of hydrogen-bond acceptors (Lipinski definition) is 3. The Morgan fingerprint density at radius 1 is 1.30 bits per heavy atom. The molecule has 0 atom stereocenters. The number of benzene rings is 2. The maximum atomic E-state index is 13.5. The molecule has 0 heterocycles. The van der Waals surface area contributed by atoms with Crippen molar-refractivity contribution in [2.45, 2.75) is 5.75 Å². The Morgan fingerprint density at radius 2 is 2.09 bits per heavy atom. The highest BCUT2D eigenvalue weighted by Crippen LogP contribution is 2.27. The number of halogens is 3. The number of thioether (sulfide) groups is 1.